The summed E-state index contributed by atoms with van der Waals surface area (Å²) in [5, 5.41) is 0. The number of rotatable bonds is 4. The van der Waals surface area contributed by atoms with Crippen LogP contribution in [0.25, 0.3) is 29.0 Å². The molecule has 0 saturated heterocycles. The van der Waals surface area contributed by atoms with Gasteiger partial charge < -0.3 is 5.73 Å². The highest BCUT2D eigenvalue weighted by Crippen LogP contribution is 2.23. The lowest BCUT2D eigenvalue weighted by Gasteiger charge is -2.09. The summed E-state index contributed by atoms with van der Waals surface area (Å²) in [5.74, 6) is 0.626. The highest BCUT2D eigenvalue weighted by atomic mass is 16.1. The molecule has 4 rings (SSSR count). The minimum atomic E-state index is -0.524. The van der Waals surface area contributed by atoms with Crippen LogP contribution in [0.4, 0.5) is 0 Å². The number of carbonyl (C=O) groups excluding carboxylic acids is 1. The molecule has 5 heteroatoms. The Morgan fingerprint density at radius 2 is 1.69 bits per heavy atom. The summed E-state index contributed by atoms with van der Waals surface area (Å²) >= 11 is 0. The van der Waals surface area contributed by atoms with Gasteiger partial charge in [0.1, 0.15) is 5.82 Å². The van der Waals surface area contributed by atoms with Gasteiger partial charge in [-0.15, -0.1) is 0 Å². The lowest BCUT2D eigenvalue weighted by atomic mass is 10.2. The van der Waals surface area contributed by atoms with Crippen molar-refractivity contribution in [2.24, 2.45) is 5.73 Å². The summed E-state index contributed by atoms with van der Waals surface area (Å²) in [4.78, 5) is 21.0. The maximum atomic E-state index is 11.9. The molecule has 0 aliphatic heterocycles. The molecular weight excluding hydrogens is 324 g/mol. The number of para-hydroxylation sites is 2. The van der Waals surface area contributed by atoms with E-state index in [9.17, 15) is 4.79 Å². The monoisotopic (exact) mass is 340 g/mol. The number of carbonyl (C=O) groups is 1. The molecule has 26 heavy (non-hydrogen) atoms. The molecular formula is C21H16N4O. The topological polar surface area (TPSA) is 73.8 Å². The molecule has 0 spiro atoms. The SMILES string of the molecule is NC(=O)c1cccnc1-n1c(/C=C/c2ccccc2)nc2ccccc21. The minimum absolute atomic E-state index is 0.352. The molecule has 5 nitrogen and oxygen atoms in total. The molecule has 2 aromatic carbocycles. The molecule has 0 unspecified atom stereocenters. The van der Waals surface area contributed by atoms with Crippen molar-refractivity contribution >= 4 is 29.1 Å². The van der Waals surface area contributed by atoms with Crippen LogP contribution in [-0.4, -0.2) is 20.4 Å². The highest BCUT2D eigenvalue weighted by Gasteiger charge is 2.16. The fourth-order valence-electron chi connectivity index (χ4n) is 2.88. The van der Waals surface area contributed by atoms with Crippen LogP contribution in [0.3, 0.4) is 0 Å². The van der Waals surface area contributed by atoms with Crippen molar-refractivity contribution in [3.63, 3.8) is 0 Å². The summed E-state index contributed by atoms with van der Waals surface area (Å²) in [5.41, 5.74) is 8.64. The van der Waals surface area contributed by atoms with Crippen LogP contribution >= 0.6 is 0 Å². The van der Waals surface area contributed by atoms with E-state index in [2.05, 4.69) is 9.97 Å². The average molecular weight is 340 g/mol. The molecule has 2 aromatic heterocycles. The molecule has 1 amide bonds. The second-order valence-electron chi connectivity index (χ2n) is 5.78. The maximum Gasteiger partial charge on any atom is 0.252 e. The molecule has 0 saturated carbocycles. The second kappa shape index (κ2) is 6.64. The number of fused-ring (bicyclic) bond motifs is 1. The number of hydrogen-bond donors (Lipinski definition) is 1. The van der Waals surface area contributed by atoms with Crippen molar-refractivity contribution in [2.45, 2.75) is 0 Å². The molecule has 0 fully saturated rings. The van der Waals surface area contributed by atoms with Gasteiger partial charge in [-0.2, -0.15) is 0 Å². The third-order valence-corrected chi connectivity index (χ3v) is 4.08. The predicted molar refractivity (Wildman–Crippen MR) is 103 cm³/mol. The van der Waals surface area contributed by atoms with Crippen molar-refractivity contribution < 1.29 is 4.79 Å². The number of benzene rings is 2. The van der Waals surface area contributed by atoms with Crippen LogP contribution in [0, 0.1) is 0 Å². The van der Waals surface area contributed by atoms with Gasteiger partial charge in [-0.3, -0.25) is 9.36 Å². The Bertz CT molecular complexity index is 1110. The van der Waals surface area contributed by atoms with E-state index < -0.39 is 5.91 Å². The zero-order valence-corrected chi connectivity index (χ0v) is 13.9. The first kappa shape index (κ1) is 15.8. The normalized spacial score (nSPS) is 11.2. The highest BCUT2D eigenvalue weighted by molar-refractivity contribution is 5.97. The standard InChI is InChI=1S/C21H16N4O/c22-20(26)16-9-6-14-23-21(16)25-18-11-5-4-10-17(18)24-19(25)13-12-15-7-2-1-3-8-15/h1-14H,(H2,22,26)/b13-12+. The molecule has 2 N–H and O–H groups in total. The van der Waals surface area contributed by atoms with E-state index in [1.54, 1.807) is 18.3 Å². The summed E-state index contributed by atoms with van der Waals surface area (Å²) in [6.07, 6.45) is 5.53. The first-order valence-corrected chi connectivity index (χ1v) is 8.20. The Morgan fingerprint density at radius 3 is 2.50 bits per heavy atom. The Kier molecular flexibility index (Phi) is 4.03. The number of nitrogens with two attached hydrogens (primary N) is 1. The van der Waals surface area contributed by atoms with E-state index in [1.165, 1.54) is 0 Å². The van der Waals surface area contributed by atoms with E-state index in [-0.39, 0.29) is 0 Å². The van der Waals surface area contributed by atoms with Crippen LogP contribution in [0.1, 0.15) is 21.7 Å². The van der Waals surface area contributed by atoms with E-state index in [1.807, 2.05) is 71.3 Å². The Hall–Kier alpha value is -3.73. The molecule has 0 aliphatic carbocycles. The van der Waals surface area contributed by atoms with Crippen LogP contribution in [0.5, 0.6) is 0 Å². The van der Waals surface area contributed by atoms with Gasteiger partial charge >= 0.3 is 0 Å². The van der Waals surface area contributed by atoms with Crippen molar-refractivity contribution in [3.05, 3.63) is 89.9 Å². The van der Waals surface area contributed by atoms with Crippen molar-refractivity contribution in [1.29, 1.82) is 0 Å². The Morgan fingerprint density at radius 1 is 0.923 bits per heavy atom. The van der Waals surface area contributed by atoms with Gasteiger partial charge in [0.05, 0.1) is 16.6 Å². The number of imidazole rings is 1. The predicted octanol–water partition coefficient (Wildman–Crippen LogP) is 3.69. The van der Waals surface area contributed by atoms with Crippen LogP contribution in [0.2, 0.25) is 0 Å². The average Bonchev–Trinajstić information content (AvgIpc) is 3.05. The van der Waals surface area contributed by atoms with Crippen LogP contribution in [0.15, 0.2) is 72.9 Å². The fraction of sp³-hybridized carbons (Fsp3) is 0. The number of pyridine rings is 1. The summed E-state index contributed by atoms with van der Waals surface area (Å²) < 4.78 is 1.86. The van der Waals surface area contributed by atoms with E-state index in [0.717, 1.165) is 16.6 Å². The van der Waals surface area contributed by atoms with Gasteiger partial charge in [-0.25, -0.2) is 9.97 Å². The summed E-state index contributed by atoms with van der Waals surface area (Å²) in [6.45, 7) is 0. The molecule has 2 heterocycles. The Labute approximate surface area is 150 Å². The third-order valence-electron chi connectivity index (χ3n) is 4.08. The number of primary amides is 1. The number of aromatic nitrogens is 3. The van der Waals surface area contributed by atoms with Gasteiger partial charge in [0.15, 0.2) is 5.82 Å². The van der Waals surface area contributed by atoms with Crippen LogP contribution < -0.4 is 5.73 Å². The van der Waals surface area contributed by atoms with Crippen molar-refractivity contribution in [3.8, 4) is 5.82 Å². The molecule has 0 aliphatic rings. The molecule has 126 valence electrons. The summed E-state index contributed by atoms with van der Waals surface area (Å²) in [7, 11) is 0. The minimum Gasteiger partial charge on any atom is -0.365 e. The number of hydrogen-bond acceptors (Lipinski definition) is 3. The lowest BCUT2D eigenvalue weighted by Crippen LogP contribution is -2.16. The Balaban J connectivity index is 1.94. The second-order valence-corrected chi connectivity index (χ2v) is 5.78. The zero-order valence-electron chi connectivity index (χ0n) is 13.9. The van der Waals surface area contributed by atoms with E-state index in [0.29, 0.717) is 17.2 Å². The van der Waals surface area contributed by atoms with Crippen LogP contribution in [-0.2, 0) is 0 Å². The quantitative estimate of drug-likeness (QED) is 0.616. The first-order valence-electron chi connectivity index (χ1n) is 8.20. The van der Waals surface area contributed by atoms with Gasteiger partial charge in [-0.1, -0.05) is 48.5 Å². The van der Waals surface area contributed by atoms with Crippen molar-refractivity contribution in [2.75, 3.05) is 0 Å². The van der Waals surface area contributed by atoms with Crippen molar-refractivity contribution in [1.82, 2.24) is 14.5 Å². The largest absolute Gasteiger partial charge is 0.365 e. The zero-order chi connectivity index (χ0) is 17.9. The molecule has 0 bridgehead atoms. The third kappa shape index (κ3) is 2.86. The van der Waals surface area contributed by atoms with Gasteiger partial charge in [0, 0.05) is 6.20 Å². The number of nitrogens with zero attached hydrogens (tertiary/aromatic N) is 3. The van der Waals surface area contributed by atoms with E-state index >= 15 is 0 Å². The fourth-order valence-corrected chi connectivity index (χ4v) is 2.88. The smallest absolute Gasteiger partial charge is 0.252 e. The van der Waals surface area contributed by atoms with Gasteiger partial charge in [0.2, 0.25) is 0 Å². The molecule has 0 radical (unpaired) electrons. The maximum absolute atomic E-state index is 11.9. The molecule has 4 aromatic rings. The first-order chi connectivity index (χ1) is 12.7. The summed E-state index contributed by atoms with van der Waals surface area (Å²) in [6, 6.07) is 21.1. The van der Waals surface area contributed by atoms with Gasteiger partial charge in [-0.05, 0) is 35.9 Å². The lowest BCUT2D eigenvalue weighted by molar-refractivity contribution is 0.1000. The van der Waals surface area contributed by atoms with E-state index in [4.69, 9.17) is 5.73 Å². The molecule has 0 atom stereocenters. The number of amides is 1. The van der Waals surface area contributed by atoms with Gasteiger partial charge in [0.25, 0.3) is 5.91 Å².